The lowest BCUT2D eigenvalue weighted by atomic mass is 9.86. The largest absolute Gasteiger partial charge is 0.373 e. The predicted molar refractivity (Wildman–Crippen MR) is 73.8 cm³/mol. The maximum atomic E-state index is 3.96. The fourth-order valence-electron chi connectivity index (χ4n) is 1.94. The van der Waals surface area contributed by atoms with Gasteiger partial charge < -0.3 is 4.90 Å². The molecule has 1 unspecified atom stereocenters. The highest BCUT2D eigenvalue weighted by Crippen LogP contribution is 2.25. The molecule has 0 radical (unpaired) electrons. The molecule has 0 fully saturated rings. The average molecular weight is 224 g/mol. The Kier molecular flexibility index (Phi) is 6.39. The summed E-state index contributed by atoms with van der Waals surface area (Å²) in [7, 11) is 0. The van der Waals surface area contributed by atoms with E-state index in [4.69, 9.17) is 0 Å². The van der Waals surface area contributed by atoms with E-state index in [1.165, 1.54) is 12.8 Å². The third kappa shape index (κ3) is 5.94. The highest BCUT2D eigenvalue weighted by Gasteiger charge is 2.20. The Balaban J connectivity index is 4.69. The van der Waals surface area contributed by atoms with Gasteiger partial charge in [-0.3, -0.25) is 4.99 Å². The van der Waals surface area contributed by atoms with Crippen LogP contribution in [-0.4, -0.2) is 24.2 Å². The number of hydrogen-bond acceptors (Lipinski definition) is 2. The van der Waals surface area contributed by atoms with E-state index in [9.17, 15) is 0 Å². The molecule has 0 aliphatic rings. The Labute approximate surface area is 101 Å². The van der Waals surface area contributed by atoms with Crippen LogP contribution in [-0.2, 0) is 0 Å². The smallest absolute Gasteiger partial charge is 0.0523 e. The van der Waals surface area contributed by atoms with Crippen molar-refractivity contribution in [2.75, 3.05) is 6.54 Å². The maximum absolute atomic E-state index is 3.96. The molecule has 0 aromatic heterocycles. The molecule has 16 heavy (non-hydrogen) atoms. The predicted octanol–water partition coefficient (Wildman–Crippen LogP) is 4.09. The van der Waals surface area contributed by atoms with E-state index in [2.05, 4.69) is 57.4 Å². The minimum Gasteiger partial charge on any atom is -0.373 e. The Bertz CT molecular complexity index is 236. The van der Waals surface area contributed by atoms with Gasteiger partial charge in [-0.2, -0.15) is 0 Å². The Morgan fingerprint density at radius 1 is 1.38 bits per heavy atom. The highest BCUT2D eigenvalue weighted by molar-refractivity contribution is 5.28. The van der Waals surface area contributed by atoms with Crippen LogP contribution in [0.25, 0.3) is 0 Å². The summed E-state index contributed by atoms with van der Waals surface area (Å²) in [5, 5.41) is 0. The van der Waals surface area contributed by atoms with Crippen molar-refractivity contribution in [3.63, 3.8) is 0 Å². The van der Waals surface area contributed by atoms with E-state index in [1.54, 1.807) is 0 Å². The normalized spacial score (nSPS) is 14.8. The van der Waals surface area contributed by atoms with Crippen molar-refractivity contribution in [2.45, 2.75) is 60.4 Å². The van der Waals surface area contributed by atoms with E-state index in [0.717, 1.165) is 12.2 Å². The van der Waals surface area contributed by atoms with Gasteiger partial charge in [0.25, 0.3) is 0 Å². The van der Waals surface area contributed by atoms with Crippen molar-refractivity contribution in [2.24, 2.45) is 10.4 Å². The number of aliphatic imine (C=N–C) groups is 1. The summed E-state index contributed by atoms with van der Waals surface area (Å²) in [6, 6.07) is 0.599. The Morgan fingerprint density at radius 3 is 2.25 bits per heavy atom. The van der Waals surface area contributed by atoms with E-state index >= 15 is 0 Å². The summed E-state index contributed by atoms with van der Waals surface area (Å²) in [6.45, 7) is 17.9. The first-order valence-corrected chi connectivity index (χ1v) is 6.25. The molecule has 0 aromatic rings. The zero-order valence-electron chi connectivity index (χ0n) is 11.9. The molecule has 0 aromatic carbocycles. The number of nitrogens with zero attached hydrogens (tertiary/aromatic N) is 2. The lowest BCUT2D eigenvalue weighted by molar-refractivity contribution is 0.201. The van der Waals surface area contributed by atoms with Gasteiger partial charge in [-0.05, 0) is 38.8 Å². The first kappa shape index (κ1) is 15.2. The molecule has 0 saturated carbocycles. The van der Waals surface area contributed by atoms with Crippen molar-refractivity contribution < 1.29 is 0 Å². The van der Waals surface area contributed by atoms with Crippen LogP contribution in [0.2, 0.25) is 0 Å². The van der Waals surface area contributed by atoms with E-state index in [-0.39, 0.29) is 0 Å². The zero-order valence-corrected chi connectivity index (χ0v) is 11.9. The van der Waals surface area contributed by atoms with E-state index in [1.807, 2.05) is 6.92 Å². The monoisotopic (exact) mass is 224 g/mol. The van der Waals surface area contributed by atoms with Gasteiger partial charge in [0.15, 0.2) is 0 Å². The van der Waals surface area contributed by atoms with Crippen LogP contribution < -0.4 is 0 Å². The maximum Gasteiger partial charge on any atom is 0.0523 e. The summed E-state index contributed by atoms with van der Waals surface area (Å²) in [5.41, 5.74) is 1.37. The van der Waals surface area contributed by atoms with Crippen molar-refractivity contribution in [3.05, 3.63) is 11.9 Å². The zero-order chi connectivity index (χ0) is 12.8. The summed E-state index contributed by atoms with van der Waals surface area (Å²) in [4.78, 5) is 6.34. The van der Waals surface area contributed by atoms with Crippen LogP contribution >= 0.6 is 0 Å². The van der Waals surface area contributed by atoms with Crippen molar-refractivity contribution in [3.8, 4) is 0 Å². The van der Waals surface area contributed by atoms with Crippen LogP contribution in [0.3, 0.4) is 0 Å². The summed E-state index contributed by atoms with van der Waals surface area (Å²) < 4.78 is 0. The van der Waals surface area contributed by atoms with Gasteiger partial charge in [0.1, 0.15) is 0 Å². The number of hydrogen-bond donors (Lipinski definition) is 0. The standard InChI is InChI=1S/C14H28N2/c1-8-13(10-14(4,5)6)16(9-2)11-12(3)15-7/h11,13H,7-10H2,1-6H3/b12-11-. The average Bonchev–Trinajstić information content (AvgIpc) is 2.21. The Morgan fingerprint density at radius 2 is 1.94 bits per heavy atom. The van der Waals surface area contributed by atoms with Crippen LogP contribution in [0.15, 0.2) is 16.9 Å². The van der Waals surface area contributed by atoms with Gasteiger partial charge in [-0.15, -0.1) is 0 Å². The molecule has 0 aliphatic carbocycles. The molecule has 0 spiro atoms. The molecule has 0 amide bonds. The van der Waals surface area contributed by atoms with Gasteiger partial charge in [-0.25, -0.2) is 0 Å². The molecular formula is C14H28N2. The van der Waals surface area contributed by atoms with Crippen molar-refractivity contribution in [1.82, 2.24) is 4.90 Å². The molecule has 0 saturated heterocycles. The van der Waals surface area contributed by atoms with Crippen molar-refractivity contribution >= 4 is 6.72 Å². The van der Waals surface area contributed by atoms with E-state index < -0.39 is 0 Å². The van der Waals surface area contributed by atoms with Gasteiger partial charge in [-0.1, -0.05) is 27.7 Å². The minimum absolute atomic E-state index is 0.372. The molecule has 0 rings (SSSR count). The third-order valence-corrected chi connectivity index (χ3v) is 2.76. The van der Waals surface area contributed by atoms with Crippen LogP contribution in [0.1, 0.15) is 54.4 Å². The van der Waals surface area contributed by atoms with Crippen LogP contribution in [0.4, 0.5) is 0 Å². The summed E-state index contributed by atoms with van der Waals surface area (Å²) in [5.74, 6) is 0. The van der Waals surface area contributed by atoms with E-state index in [0.29, 0.717) is 11.5 Å². The fourth-order valence-corrected chi connectivity index (χ4v) is 1.94. The highest BCUT2D eigenvalue weighted by atomic mass is 15.1. The summed E-state index contributed by atoms with van der Waals surface area (Å²) >= 11 is 0. The van der Waals surface area contributed by atoms with Gasteiger partial charge in [0, 0.05) is 18.8 Å². The fraction of sp³-hybridized carbons (Fsp3) is 0.786. The molecule has 1 atom stereocenters. The topological polar surface area (TPSA) is 15.6 Å². The molecular weight excluding hydrogens is 196 g/mol. The first-order chi connectivity index (χ1) is 7.34. The van der Waals surface area contributed by atoms with Gasteiger partial charge in [0.05, 0.1) is 5.70 Å². The lowest BCUT2D eigenvalue weighted by Crippen LogP contribution is -2.33. The van der Waals surface area contributed by atoms with Gasteiger partial charge in [0.2, 0.25) is 0 Å². The first-order valence-electron chi connectivity index (χ1n) is 6.25. The quantitative estimate of drug-likeness (QED) is 0.621. The number of rotatable bonds is 6. The molecule has 94 valence electrons. The molecule has 0 N–H and O–H groups in total. The molecule has 2 nitrogen and oxygen atoms in total. The molecule has 0 aliphatic heterocycles. The Hall–Kier alpha value is -0.790. The third-order valence-electron chi connectivity index (χ3n) is 2.76. The lowest BCUT2D eigenvalue weighted by Gasteiger charge is -2.34. The van der Waals surface area contributed by atoms with Crippen LogP contribution in [0, 0.1) is 5.41 Å². The molecule has 0 bridgehead atoms. The van der Waals surface area contributed by atoms with Crippen LogP contribution in [0.5, 0.6) is 0 Å². The molecule has 2 heteroatoms. The van der Waals surface area contributed by atoms with Gasteiger partial charge >= 0.3 is 0 Å². The minimum atomic E-state index is 0.372. The van der Waals surface area contributed by atoms with Crippen molar-refractivity contribution in [1.29, 1.82) is 0 Å². The summed E-state index contributed by atoms with van der Waals surface area (Å²) in [6.07, 6.45) is 4.51. The molecule has 0 heterocycles. The second-order valence-corrected chi connectivity index (χ2v) is 5.59. The second kappa shape index (κ2) is 6.72. The SMILES string of the molecule is C=N/C(C)=C\N(CC)C(CC)CC(C)(C)C. The number of allylic oxidation sites excluding steroid dienone is 1. The second-order valence-electron chi connectivity index (χ2n) is 5.59.